The summed E-state index contributed by atoms with van der Waals surface area (Å²) in [5, 5.41) is 13.6. The van der Waals surface area contributed by atoms with Crippen molar-refractivity contribution in [2.75, 3.05) is 0 Å². The summed E-state index contributed by atoms with van der Waals surface area (Å²) < 4.78 is 7.26. The molecular weight excluding hydrogens is 278 g/mol. The second-order valence-corrected chi connectivity index (χ2v) is 4.65. The standard InChI is InChI=1S/C14H12ClN3O2/c15-13-7-18-12(6-11(8-19)17-18)14(16-13)20-9-10-4-2-1-3-5-10/h1-7,19H,8-9H2. The van der Waals surface area contributed by atoms with Crippen LogP contribution in [0.4, 0.5) is 0 Å². The van der Waals surface area contributed by atoms with Crippen LogP contribution in [0.15, 0.2) is 42.6 Å². The minimum Gasteiger partial charge on any atom is -0.471 e. The summed E-state index contributed by atoms with van der Waals surface area (Å²) in [4.78, 5) is 4.16. The quantitative estimate of drug-likeness (QED) is 0.801. The van der Waals surface area contributed by atoms with E-state index in [1.165, 1.54) is 0 Å². The van der Waals surface area contributed by atoms with Crippen molar-refractivity contribution < 1.29 is 9.84 Å². The van der Waals surface area contributed by atoms with E-state index in [2.05, 4.69) is 10.1 Å². The third kappa shape index (κ3) is 2.59. The van der Waals surface area contributed by atoms with E-state index in [1.807, 2.05) is 30.3 Å². The molecule has 0 amide bonds. The lowest BCUT2D eigenvalue weighted by Gasteiger charge is -2.07. The van der Waals surface area contributed by atoms with Crippen LogP contribution in [0.5, 0.6) is 5.88 Å². The van der Waals surface area contributed by atoms with E-state index in [4.69, 9.17) is 21.4 Å². The monoisotopic (exact) mass is 289 g/mol. The van der Waals surface area contributed by atoms with Crippen LogP contribution in [0.2, 0.25) is 5.15 Å². The summed E-state index contributed by atoms with van der Waals surface area (Å²) in [6.45, 7) is 0.251. The van der Waals surface area contributed by atoms with Crippen molar-refractivity contribution in [1.29, 1.82) is 0 Å². The highest BCUT2D eigenvalue weighted by Crippen LogP contribution is 2.22. The lowest BCUT2D eigenvalue weighted by atomic mass is 10.2. The molecule has 0 atom stereocenters. The molecule has 0 radical (unpaired) electrons. The first-order chi connectivity index (χ1) is 9.76. The summed E-state index contributed by atoms with van der Waals surface area (Å²) >= 11 is 5.94. The molecule has 0 aliphatic heterocycles. The van der Waals surface area contributed by atoms with E-state index >= 15 is 0 Å². The molecule has 3 aromatic rings. The fourth-order valence-corrected chi connectivity index (χ4v) is 2.07. The zero-order valence-corrected chi connectivity index (χ0v) is 11.3. The third-order valence-electron chi connectivity index (χ3n) is 2.82. The smallest absolute Gasteiger partial charge is 0.241 e. The molecule has 6 heteroatoms. The Morgan fingerprint density at radius 2 is 2.05 bits per heavy atom. The van der Waals surface area contributed by atoms with Gasteiger partial charge in [-0.2, -0.15) is 10.1 Å². The van der Waals surface area contributed by atoms with Crippen LogP contribution in [0, 0.1) is 0 Å². The molecule has 3 rings (SSSR count). The molecule has 0 aliphatic carbocycles. The van der Waals surface area contributed by atoms with Gasteiger partial charge in [0, 0.05) is 0 Å². The van der Waals surface area contributed by atoms with Gasteiger partial charge >= 0.3 is 0 Å². The Bertz CT molecular complexity index is 728. The highest BCUT2D eigenvalue weighted by molar-refractivity contribution is 6.29. The Labute approximate surface area is 120 Å². The average molecular weight is 290 g/mol. The number of aliphatic hydroxyl groups excluding tert-OH is 1. The molecule has 0 unspecified atom stereocenters. The van der Waals surface area contributed by atoms with E-state index in [1.54, 1.807) is 16.8 Å². The molecule has 1 aromatic carbocycles. The van der Waals surface area contributed by atoms with Crippen LogP contribution >= 0.6 is 11.6 Å². The van der Waals surface area contributed by atoms with Crippen molar-refractivity contribution in [3.63, 3.8) is 0 Å². The Morgan fingerprint density at radius 3 is 2.80 bits per heavy atom. The molecule has 0 saturated heterocycles. The number of aromatic nitrogens is 3. The summed E-state index contributed by atoms with van der Waals surface area (Å²) in [5.41, 5.74) is 2.25. The zero-order valence-electron chi connectivity index (χ0n) is 10.5. The van der Waals surface area contributed by atoms with Gasteiger partial charge in [-0.25, -0.2) is 4.52 Å². The second-order valence-electron chi connectivity index (χ2n) is 4.27. The van der Waals surface area contributed by atoms with Crippen molar-refractivity contribution in [2.24, 2.45) is 0 Å². The van der Waals surface area contributed by atoms with E-state index in [9.17, 15) is 0 Å². The summed E-state index contributed by atoms with van der Waals surface area (Å²) in [7, 11) is 0. The predicted molar refractivity (Wildman–Crippen MR) is 74.7 cm³/mol. The van der Waals surface area contributed by atoms with E-state index < -0.39 is 0 Å². The van der Waals surface area contributed by atoms with Gasteiger partial charge in [0.2, 0.25) is 5.88 Å². The van der Waals surface area contributed by atoms with E-state index in [0.29, 0.717) is 23.7 Å². The summed E-state index contributed by atoms with van der Waals surface area (Å²) in [6, 6.07) is 11.5. The molecule has 0 bridgehead atoms. The van der Waals surface area contributed by atoms with Gasteiger partial charge in [0.1, 0.15) is 12.1 Å². The minimum absolute atomic E-state index is 0.141. The first-order valence-corrected chi connectivity index (χ1v) is 6.46. The fourth-order valence-electron chi connectivity index (χ4n) is 1.90. The Balaban J connectivity index is 1.92. The number of hydrogen-bond donors (Lipinski definition) is 1. The molecule has 1 N–H and O–H groups in total. The number of hydrogen-bond acceptors (Lipinski definition) is 4. The van der Waals surface area contributed by atoms with Gasteiger partial charge in [0.25, 0.3) is 0 Å². The first kappa shape index (κ1) is 12.9. The van der Waals surface area contributed by atoms with Gasteiger partial charge in [0.05, 0.1) is 18.5 Å². The Hall–Kier alpha value is -2.11. The Morgan fingerprint density at radius 1 is 1.25 bits per heavy atom. The van der Waals surface area contributed by atoms with Crippen molar-refractivity contribution in [2.45, 2.75) is 13.2 Å². The molecule has 0 saturated carbocycles. The number of fused-ring (bicyclic) bond motifs is 1. The number of benzene rings is 1. The van der Waals surface area contributed by atoms with Crippen molar-refractivity contribution in [3.05, 3.63) is 59.0 Å². The van der Waals surface area contributed by atoms with E-state index in [0.717, 1.165) is 5.56 Å². The maximum absolute atomic E-state index is 9.14. The average Bonchev–Trinajstić information content (AvgIpc) is 2.88. The number of halogens is 1. The molecule has 2 aromatic heterocycles. The van der Waals surface area contributed by atoms with Gasteiger partial charge in [-0.05, 0) is 11.6 Å². The Kier molecular flexibility index (Phi) is 3.54. The predicted octanol–water partition coefficient (Wildman–Crippen LogP) is 2.45. The first-order valence-electron chi connectivity index (χ1n) is 6.08. The third-order valence-corrected chi connectivity index (χ3v) is 3.01. The summed E-state index contributed by atoms with van der Waals surface area (Å²) in [6.07, 6.45) is 1.57. The number of nitrogens with zero attached hydrogens (tertiary/aromatic N) is 3. The summed E-state index contributed by atoms with van der Waals surface area (Å²) in [5.74, 6) is 0.397. The number of aliphatic hydroxyl groups is 1. The molecule has 20 heavy (non-hydrogen) atoms. The largest absolute Gasteiger partial charge is 0.471 e. The van der Waals surface area contributed by atoms with Crippen molar-refractivity contribution >= 4 is 17.1 Å². The number of ether oxygens (including phenoxy) is 1. The van der Waals surface area contributed by atoms with Crippen LogP contribution in [-0.4, -0.2) is 19.7 Å². The van der Waals surface area contributed by atoms with Crippen LogP contribution in [-0.2, 0) is 13.2 Å². The molecular formula is C14H12ClN3O2. The van der Waals surface area contributed by atoms with Crippen molar-refractivity contribution in [3.8, 4) is 5.88 Å². The molecule has 5 nitrogen and oxygen atoms in total. The maximum atomic E-state index is 9.14. The highest BCUT2D eigenvalue weighted by Gasteiger charge is 2.10. The fraction of sp³-hybridized carbons (Fsp3) is 0.143. The molecule has 0 spiro atoms. The van der Waals surface area contributed by atoms with Crippen LogP contribution in [0.3, 0.4) is 0 Å². The van der Waals surface area contributed by atoms with Crippen LogP contribution < -0.4 is 4.74 Å². The van der Waals surface area contributed by atoms with Crippen LogP contribution in [0.25, 0.3) is 5.52 Å². The van der Waals surface area contributed by atoms with E-state index in [-0.39, 0.29) is 11.8 Å². The van der Waals surface area contributed by atoms with Gasteiger partial charge in [-0.3, -0.25) is 0 Å². The van der Waals surface area contributed by atoms with Gasteiger partial charge in [-0.15, -0.1) is 0 Å². The molecule has 0 aliphatic rings. The second kappa shape index (κ2) is 5.48. The lowest BCUT2D eigenvalue weighted by molar-refractivity contribution is 0.276. The maximum Gasteiger partial charge on any atom is 0.241 e. The molecule has 0 fully saturated rings. The number of rotatable bonds is 4. The van der Waals surface area contributed by atoms with Gasteiger partial charge < -0.3 is 9.84 Å². The molecule has 2 heterocycles. The minimum atomic E-state index is -0.141. The van der Waals surface area contributed by atoms with Gasteiger partial charge in [0.15, 0.2) is 5.15 Å². The van der Waals surface area contributed by atoms with Crippen LogP contribution in [0.1, 0.15) is 11.3 Å². The molecule has 102 valence electrons. The zero-order chi connectivity index (χ0) is 13.9. The topological polar surface area (TPSA) is 59.7 Å². The lowest BCUT2D eigenvalue weighted by Crippen LogP contribution is -2.00. The highest BCUT2D eigenvalue weighted by atomic mass is 35.5. The normalized spacial score (nSPS) is 10.9. The van der Waals surface area contributed by atoms with Gasteiger partial charge in [-0.1, -0.05) is 41.9 Å². The SMILES string of the molecule is OCc1cc2c(OCc3ccccc3)nc(Cl)cn2n1. The van der Waals surface area contributed by atoms with Crippen molar-refractivity contribution in [1.82, 2.24) is 14.6 Å².